The first kappa shape index (κ1) is 14.4. The third kappa shape index (κ3) is 2.50. The third-order valence-electron chi connectivity index (χ3n) is 3.42. The number of nitrogens with zero attached hydrogens (tertiary/aromatic N) is 1. The number of hydrogen-bond donors (Lipinski definition) is 2. The molecular formula is C15H14N2O4S. The summed E-state index contributed by atoms with van der Waals surface area (Å²) in [7, 11) is -3.95. The number of aromatic hydroxyl groups is 1. The van der Waals surface area contributed by atoms with Crippen molar-refractivity contribution in [3.05, 3.63) is 48.0 Å². The topological polar surface area (TPSA) is 86.7 Å². The molecule has 0 aromatic heterocycles. The molecule has 7 heteroatoms. The van der Waals surface area contributed by atoms with Crippen molar-refractivity contribution in [2.24, 2.45) is 0 Å². The minimum absolute atomic E-state index is 0.0809. The first-order chi connectivity index (χ1) is 10.4. The van der Waals surface area contributed by atoms with Crippen LogP contribution in [0.3, 0.4) is 0 Å². The van der Waals surface area contributed by atoms with E-state index in [1.54, 1.807) is 12.1 Å². The number of nitrogens with one attached hydrogen (secondary N) is 1. The van der Waals surface area contributed by atoms with Crippen molar-refractivity contribution in [2.45, 2.75) is 6.92 Å². The highest BCUT2D eigenvalue weighted by Gasteiger charge is 2.35. The van der Waals surface area contributed by atoms with Crippen LogP contribution in [0.2, 0.25) is 0 Å². The number of anilines is 1. The number of carbonyl (C=O) groups excluding carboxylic acids is 1. The van der Waals surface area contributed by atoms with E-state index in [2.05, 4.69) is 0 Å². The Balaban J connectivity index is 2.10. The van der Waals surface area contributed by atoms with Gasteiger partial charge >= 0.3 is 10.2 Å². The number of carbonyl (C=O) groups is 1. The van der Waals surface area contributed by atoms with Crippen LogP contribution in [0, 0.1) is 6.92 Å². The summed E-state index contributed by atoms with van der Waals surface area (Å²) in [6.07, 6.45) is 0. The maximum atomic E-state index is 11.9. The second-order valence-corrected chi connectivity index (χ2v) is 6.70. The lowest BCUT2D eigenvalue weighted by atomic mass is 10.0. The average Bonchev–Trinajstić information content (AvgIpc) is 2.72. The zero-order chi connectivity index (χ0) is 15.9. The Kier molecular flexibility index (Phi) is 3.29. The van der Waals surface area contributed by atoms with Crippen LogP contribution in [0.5, 0.6) is 5.75 Å². The normalized spacial score (nSPS) is 16.6. The van der Waals surface area contributed by atoms with Gasteiger partial charge in [0.1, 0.15) is 12.3 Å². The van der Waals surface area contributed by atoms with Crippen LogP contribution >= 0.6 is 0 Å². The predicted molar refractivity (Wildman–Crippen MR) is 82.7 cm³/mol. The smallest absolute Gasteiger partial charge is 0.326 e. The molecule has 0 bridgehead atoms. The molecule has 3 rings (SSSR count). The van der Waals surface area contributed by atoms with Gasteiger partial charge in [0.15, 0.2) is 0 Å². The third-order valence-corrected chi connectivity index (χ3v) is 4.81. The Bertz CT molecular complexity index is 862. The van der Waals surface area contributed by atoms with Gasteiger partial charge in [0, 0.05) is 0 Å². The molecule has 2 aromatic carbocycles. The van der Waals surface area contributed by atoms with Gasteiger partial charge in [-0.1, -0.05) is 35.9 Å². The first-order valence-corrected chi connectivity index (χ1v) is 8.04. The number of aryl methyl sites for hydroxylation is 1. The number of rotatable bonds is 2. The molecule has 114 valence electrons. The fraction of sp³-hybridized carbons (Fsp3) is 0.133. The summed E-state index contributed by atoms with van der Waals surface area (Å²) < 4.78 is 26.6. The molecule has 1 fully saturated rings. The molecule has 0 unspecified atom stereocenters. The van der Waals surface area contributed by atoms with E-state index in [1.807, 2.05) is 35.9 Å². The summed E-state index contributed by atoms with van der Waals surface area (Å²) in [6, 6.07) is 12.4. The van der Waals surface area contributed by atoms with Gasteiger partial charge in [-0.2, -0.15) is 8.42 Å². The summed E-state index contributed by atoms with van der Waals surface area (Å²) in [5.74, 6) is -0.822. The maximum absolute atomic E-state index is 11.9. The highest BCUT2D eigenvalue weighted by Crippen LogP contribution is 2.34. The lowest BCUT2D eigenvalue weighted by Gasteiger charge is -2.17. The largest absolute Gasteiger partial charge is 0.506 e. The highest BCUT2D eigenvalue weighted by molar-refractivity contribution is 7.92. The number of amides is 1. The molecule has 1 heterocycles. The van der Waals surface area contributed by atoms with Crippen LogP contribution in [-0.4, -0.2) is 26.0 Å². The molecule has 0 atom stereocenters. The first-order valence-electron chi connectivity index (χ1n) is 6.60. The van der Waals surface area contributed by atoms with Crippen LogP contribution in [0.1, 0.15) is 5.56 Å². The maximum Gasteiger partial charge on any atom is 0.326 e. The molecule has 0 saturated carbocycles. The fourth-order valence-corrected chi connectivity index (χ4v) is 3.54. The Morgan fingerprint density at radius 1 is 1.14 bits per heavy atom. The molecule has 1 saturated heterocycles. The van der Waals surface area contributed by atoms with Crippen LogP contribution in [0.4, 0.5) is 5.69 Å². The van der Waals surface area contributed by atoms with E-state index in [0.717, 1.165) is 21.0 Å². The van der Waals surface area contributed by atoms with Gasteiger partial charge in [0.05, 0.1) is 5.69 Å². The average molecular weight is 318 g/mol. The lowest BCUT2D eigenvalue weighted by Crippen LogP contribution is -2.29. The van der Waals surface area contributed by atoms with E-state index in [9.17, 15) is 18.3 Å². The molecule has 1 aliphatic heterocycles. The number of phenols is 1. The number of benzene rings is 2. The van der Waals surface area contributed by atoms with Gasteiger partial charge in [-0.05, 0) is 30.2 Å². The monoisotopic (exact) mass is 318 g/mol. The van der Waals surface area contributed by atoms with Crippen molar-refractivity contribution in [3.63, 3.8) is 0 Å². The summed E-state index contributed by atoms with van der Waals surface area (Å²) in [5.41, 5.74) is 2.80. The van der Waals surface area contributed by atoms with Crippen LogP contribution < -0.4 is 9.03 Å². The van der Waals surface area contributed by atoms with Crippen LogP contribution in [0.25, 0.3) is 11.1 Å². The van der Waals surface area contributed by atoms with E-state index in [-0.39, 0.29) is 18.0 Å². The summed E-state index contributed by atoms with van der Waals surface area (Å²) in [4.78, 5) is 11.3. The molecule has 6 nitrogen and oxygen atoms in total. The van der Waals surface area contributed by atoms with Crippen molar-refractivity contribution < 1.29 is 18.3 Å². The quantitative estimate of drug-likeness (QED) is 0.879. The van der Waals surface area contributed by atoms with Gasteiger partial charge in [0.2, 0.25) is 0 Å². The number of hydrogen-bond acceptors (Lipinski definition) is 4. The molecule has 0 spiro atoms. The molecule has 22 heavy (non-hydrogen) atoms. The minimum atomic E-state index is -3.95. The Hall–Kier alpha value is -2.54. The van der Waals surface area contributed by atoms with E-state index in [0.29, 0.717) is 0 Å². The van der Waals surface area contributed by atoms with Crippen molar-refractivity contribution in [1.29, 1.82) is 0 Å². The lowest BCUT2D eigenvalue weighted by molar-refractivity contribution is -0.117. The standard InChI is InChI=1S/C15H14N2O4S/c1-10-3-2-4-11(7-10)12-5-6-14(18)13(8-12)17-9-15(19)16-22(17,20)21/h2-8,18H,9H2,1H3,(H,16,19). The Labute approximate surface area is 128 Å². The number of phenolic OH excluding ortho intramolecular Hbond substituents is 1. The Morgan fingerprint density at radius 2 is 1.86 bits per heavy atom. The molecule has 2 aromatic rings. The second-order valence-electron chi connectivity index (χ2n) is 5.11. The van der Waals surface area contributed by atoms with Gasteiger partial charge < -0.3 is 5.11 Å². The molecule has 0 radical (unpaired) electrons. The van der Waals surface area contributed by atoms with Crippen molar-refractivity contribution >= 4 is 21.8 Å². The summed E-state index contributed by atoms with van der Waals surface area (Å²) in [5, 5.41) is 9.97. The molecule has 1 amide bonds. The van der Waals surface area contributed by atoms with Crippen molar-refractivity contribution in [1.82, 2.24) is 4.72 Å². The van der Waals surface area contributed by atoms with E-state index in [1.165, 1.54) is 6.07 Å². The van der Waals surface area contributed by atoms with E-state index in [4.69, 9.17) is 0 Å². The SMILES string of the molecule is Cc1cccc(-c2ccc(O)c(N3CC(=O)NS3(=O)=O)c2)c1. The van der Waals surface area contributed by atoms with Crippen molar-refractivity contribution in [3.8, 4) is 16.9 Å². The van der Waals surface area contributed by atoms with Gasteiger partial charge in [-0.25, -0.2) is 9.03 Å². The zero-order valence-electron chi connectivity index (χ0n) is 11.8. The fourth-order valence-electron chi connectivity index (χ4n) is 2.39. The van der Waals surface area contributed by atoms with Gasteiger partial charge in [-0.15, -0.1) is 0 Å². The summed E-state index contributed by atoms with van der Waals surface area (Å²) >= 11 is 0. The second kappa shape index (κ2) is 5.03. The Morgan fingerprint density at radius 3 is 2.50 bits per heavy atom. The van der Waals surface area contributed by atoms with Gasteiger partial charge in [0.25, 0.3) is 5.91 Å². The summed E-state index contributed by atoms with van der Waals surface area (Å²) in [6.45, 7) is 1.62. The van der Waals surface area contributed by atoms with Crippen LogP contribution in [0.15, 0.2) is 42.5 Å². The van der Waals surface area contributed by atoms with Gasteiger partial charge in [-0.3, -0.25) is 4.79 Å². The molecule has 0 aliphatic carbocycles. The van der Waals surface area contributed by atoms with E-state index < -0.39 is 16.1 Å². The van der Waals surface area contributed by atoms with Crippen molar-refractivity contribution in [2.75, 3.05) is 10.8 Å². The molecular weight excluding hydrogens is 304 g/mol. The van der Waals surface area contributed by atoms with Crippen LogP contribution in [-0.2, 0) is 15.0 Å². The van der Waals surface area contributed by atoms with E-state index >= 15 is 0 Å². The zero-order valence-corrected chi connectivity index (χ0v) is 12.6. The minimum Gasteiger partial charge on any atom is -0.506 e. The molecule has 2 N–H and O–H groups in total. The predicted octanol–water partition coefficient (Wildman–Crippen LogP) is 1.55. The highest BCUT2D eigenvalue weighted by atomic mass is 32.2. The molecule has 1 aliphatic rings.